The highest BCUT2D eigenvalue weighted by atomic mass is 16.5. The molecule has 0 aromatic rings. The van der Waals surface area contributed by atoms with Crippen molar-refractivity contribution >= 4 is 5.91 Å². The van der Waals surface area contributed by atoms with Gasteiger partial charge < -0.3 is 20.5 Å². The SMILES string of the molecule is COCC(C)(CCO)NC(=O)C1CNC1. The molecule has 15 heavy (non-hydrogen) atoms. The molecule has 0 bridgehead atoms. The molecule has 1 amide bonds. The van der Waals surface area contributed by atoms with Crippen LogP contribution in [-0.2, 0) is 9.53 Å². The molecule has 1 unspecified atom stereocenters. The van der Waals surface area contributed by atoms with Crippen molar-refractivity contribution in [2.45, 2.75) is 18.9 Å². The van der Waals surface area contributed by atoms with Gasteiger partial charge in [-0.25, -0.2) is 0 Å². The Hall–Kier alpha value is -0.650. The third-order valence-electron chi connectivity index (χ3n) is 2.70. The predicted molar refractivity (Wildman–Crippen MR) is 56.5 cm³/mol. The topological polar surface area (TPSA) is 70.6 Å². The highest BCUT2D eigenvalue weighted by Gasteiger charge is 2.31. The molecule has 1 saturated heterocycles. The van der Waals surface area contributed by atoms with Gasteiger partial charge in [-0.2, -0.15) is 0 Å². The zero-order chi connectivity index (χ0) is 11.3. The van der Waals surface area contributed by atoms with Crippen molar-refractivity contribution in [3.8, 4) is 0 Å². The minimum atomic E-state index is -0.462. The van der Waals surface area contributed by atoms with Crippen LogP contribution in [0.5, 0.6) is 0 Å². The number of hydrogen-bond acceptors (Lipinski definition) is 4. The third kappa shape index (κ3) is 3.44. The maximum atomic E-state index is 11.7. The van der Waals surface area contributed by atoms with Gasteiger partial charge in [0.25, 0.3) is 0 Å². The molecule has 1 heterocycles. The Morgan fingerprint density at radius 3 is 2.73 bits per heavy atom. The quantitative estimate of drug-likeness (QED) is 0.538. The fourth-order valence-corrected chi connectivity index (χ4v) is 1.61. The average Bonchev–Trinajstić information content (AvgIpc) is 1.99. The lowest BCUT2D eigenvalue weighted by molar-refractivity contribution is -0.129. The monoisotopic (exact) mass is 216 g/mol. The van der Waals surface area contributed by atoms with Gasteiger partial charge in [0, 0.05) is 26.8 Å². The van der Waals surface area contributed by atoms with E-state index < -0.39 is 5.54 Å². The first-order valence-corrected chi connectivity index (χ1v) is 5.24. The van der Waals surface area contributed by atoms with Crippen LogP contribution in [-0.4, -0.2) is 50.0 Å². The summed E-state index contributed by atoms with van der Waals surface area (Å²) in [7, 11) is 1.59. The van der Waals surface area contributed by atoms with Crippen LogP contribution in [0.25, 0.3) is 0 Å². The summed E-state index contributed by atoms with van der Waals surface area (Å²) in [4.78, 5) is 11.7. The Morgan fingerprint density at radius 2 is 2.33 bits per heavy atom. The fraction of sp³-hybridized carbons (Fsp3) is 0.900. The van der Waals surface area contributed by atoms with E-state index in [0.29, 0.717) is 13.0 Å². The maximum Gasteiger partial charge on any atom is 0.226 e. The summed E-state index contributed by atoms with van der Waals surface area (Å²) in [5.41, 5.74) is -0.462. The summed E-state index contributed by atoms with van der Waals surface area (Å²) in [6.45, 7) is 3.83. The van der Waals surface area contributed by atoms with Crippen LogP contribution in [0.15, 0.2) is 0 Å². The first-order chi connectivity index (χ1) is 7.11. The van der Waals surface area contributed by atoms with Crippen LogP contribution >= 0.6 is 0 Å². The van der Waals surface area contributed by atoms with E-state index in [1.54, 1.807) is 7.11 Å². The smallest absolute Gasteiger partial charge is 0.226 e. The van der Waals surface area contributed by atoms with Crippen molar-refractivity contribution in [1.29, 1.82) is 0 Å². The molecular weight excluding hydrogens is 196 g/mol. The zero-order valence-electron chi connectivity index (χ0n) is 9.38. The first-order valence-electron chi connectivity index (χ1n) is 5.24. The van der Waals surface area contributed by atoms with E-state index in [2.05, 4.69) is 10.6 Å². The second-order valence-corrected chi connectivity index (χ2v) is 4.31. The highest BCUT2D eigenvalue weighted by molar-refractivity contribution is 5.80. The van der Waals surface area contributed by atoms with Crippen LogP contribution in [0.1, 0.15) is 13.3 Å². The van der Waals surface area contributed by atoms with E-state index in [1.807, 2.05) is 6.92 Å². The van der Waals surface area contributed by atoms with Gasteiger partial charge in [-0.3, -0.25) is 4.79 Å². The molecule has 0 saturated carbocycles. The van der Waals surface area contributed by atoms with E-state index >= 15 is 0 Å². The molecule has 0 aromatic heterocycles. The molecule has 1 aliphatic rings. The van der Waals surface area contributed by atoms with Gasteiger partial charge in [0.05, 0.1) is 18.1 Å². The molecule has 1 atom stereocenters. The van der Waals surface area contributed by atoms with Crippen LogP contribution < -0.4 is 10.6 Å². The second-order valence-electron chi connectivity index (χ2n) is 4.31. The number of hydrogen-bond donors (Lipinski definition) is 3. The lowest BCUT2D eigenvalue weighted by atomic mass is 9.96. The van der Waals surface area contributed by atoms with Gasteiger partial charge in [-0.15, -0.1) is 0 Å². The molecule has 1 fully saturated rings. The van der Waals surface area contributed by atoms with Gasteiger partial charge in [0.15, 0.2) is 0 Å². The number of carbonyl (C=O) groups is 1. The number of amides is 1. The van der Waals surface area contributed by atoms with E-state index in [0.717, 1.165) is 13.1 Å². The van der Waals surface area contributed by atoms with Gasteiger partial charge in [0.1, 0.15) is 0 Å². The molecule has 88 valence electrons. The van der Waals surface area contributed by atoms with Crippen LogP contribution in [0.4, 0.5) is 0 Å². The van der Waals surface area contributed by atoms with Gasteiger partial charge in [0.2, 0.25) is 5.91 Å². The molecule has 0 aromatic carbocycles. The van der Waals surface area contributed by atoms with Crippen molar-refractivity contribution < 1.29 is 14.6 Å². The fourth-order valence-electron chi connectivity index (χ4n) is 1.61. The van der Waals surface area contributed by atoms with Crippen molar-refractivity contribution in [3.63, 3.8) is 0 Å². The Balaban J connectivity index is 2.44. The number of aliphatic hydroxyl groups excluding tert-OH is 1. The third-order valence-corrected chi connectivity index (χ3v) is 2.70. The average molecular weight is 216 g/mol. The minimum absolute atomic E-state index is 0.0433. The number of methoxy groups -OCH3 is 1. The zero-order valence-corrected chi connectivity index (χ0v) is 9.38. The largest absolute Gasteiger partial charge is 0.396 e. The Kier molecular flexibility index (Phi) is 4.50. The number of ether oxygens (including phenoxy) is 1. The minimum Gasteiger partial charge on any atom is -0.396 e. The molecule has 5 nitrogen and oxygen atoms in total. The van der Waals surface area contributed by atoms with E-state index in [-0.39, 0.29) is 18.4 Å². The van der Waals surface area contributed by atoms with Crippen molar-refractivity contribution in [2.75, 3.05) is 33.4 Å². The summed E-state index contributed by atoms with van der Waals surface area (Å²) in [5.74, 6) is 0.113. The van der Waals surface area contributed by atoms with Crippen LogP contribution in [0.3, 0.4) is 0 Å². The molecule has 0 spiro atoms. The summed E-state index contributed by atoms with van der Waals surface area (Å²) in [5, 5.41) is 14.9. The summed E-state index contributed by atoms with van der Waals surface area (Å²) in [6, 6.07) is 0. The summed E-state index contributed by atoms with van der Waals surface area (Å²) >= 11 is 0. The molecule has 3 N–H and O–H groups in total. The summed E-state index contributed by atoms with van der Waals surface area (Å²) in [6.07, 6.45) is 0.507. The Morgan fingerprint density at radius 1 is 1.67 bits per heavy atom. The van der Waals surface area contributed by atoms with Gasteiger partial charge in [-0.05, 0) is 13.3 Å². The van der Waals surface area contributed by atoms with E-state index in [4.69, 9.17) is 9.84 Å². The molecule has 1 rings (SSSR count). The highest BCUT2D eigenvalue weighted by Crippen LogP contribution is 2.12. The molecule has 0 aliphatic carbocycles. The van der Waals surface area contributed by atoms with Crippen molar-refractivity contribution in [2.24, 2.45) is 5.92 Å². The standard InChI is InChI=1S/C10H20N2O3/c1-10(3-4-13,7-15-2)12-9(14)8-5-11-6-8/h8,11,13H,3-7H2,1-2H3,(H,12,14). The lowest BCUT2D eigenvalue weighted by Crippen LogP contribution is -2.57. The molecule has 0 radical (unpaired) electrons. The number of rotatable bonds is 6. The lowest BCUT2D eigenvalue weighted by Gasteiger charge is -2.34. The first kappa shape index (κ1) is 12.4. The maximum absolute atomic E-state index is 11.7. The van der Waals surface area contributed by atoms with Crippen molar-refractivity contribution in [1.82, 2.24) is 10.6 Å². The Labute approximate surface area is 90.2 Å². The van der Waals surface area contributed by atoms with Crippen molar-refractivity contribution in [3.05, 3.63) is 0 Å². The molecule has 5 heteroatoms. The number of aliphatic hydroxyl groups is 1. The second kappa shape index (κ2) is 5.44. The molecular formula is C10H20N2O3. The summed E-state index contributed by atoms with van der Waals surface area (Å²) < 4.78 is 5.05. The van der Waals surface area contributed by atoms with Gasteiger partial charge in [-0.1, -0.05) is 0 Å². The van der Waals surface area contributed by atoms with Crippen LogP contribution in [0, 0.1) is 5.92 Å². The van der Waals surface area contributed by atoms with E-state index in [1.165, 1.54) is 0 Å². The van der Waals surface area contributed by atoms with Gasteiger partial charge >= 0.3 is 0 Å². The Bertz CT molecular complexity index is 211. The molecule has 1 aliphatic heterocycles. The number of nitrogens with one attached hydrogen (secondary N) is 2. The van der Waals surface area contributed by atoms with E-state index in [9.17, 15) is 4.79 Å². The number of carbonyl (C=O) groups excluding carboxylic acids is 1. The predicted octanol–water partition coefficient (Wildman–Crippen LogP) is -0.890. The normalized spacial score (nSPS) is 20.5. The van der Waals surface area contributed by atoms with Crippen LogP contribution in [0.2, 0.25) is 0 Å².